The van der Waals surface area contributed by atoms with Gasteiger partial charge < -0.3 is 9.73 Å². The van der Waals surface area contributed by atoms with Crippen LogP contribution in [0.1, 0.15) is 29.0 Å². The van der Waals surface area contributed by atoms with E-state index in [4.69, 9.17) is 4.42 Å². The summed E-state index contributed by atoms with van der Waals surface area (Å²) < 4.78 is 5.80. The Bertz CT molecular complexity index is 683. The maximum absolute atomic E-state index is 11.8. The van der Waals surface area contributed by atoms with Crippen LogP contribution in [0.5, 0.6) is 0 Å². The van der Waals surface area contributed by atoms with E-state index in [0.717, 1.165) is 0 Å². The highest BCUT2D eigenvalue weighted by atomic mass is 79.9. The summed E-state index contributed by atoms with van der Waals surface area (Å²) in [5.41, 5.74) is 3.01. The molecule has 1 aromatic heterocycles. The predicted molar refractivity (Wildman–Crippen MR) is 90.2 cm³/mol. The molecule has 0 radical (unpaired) electrons. The SMILES string of the molecule is O=C(CCCNC(=O)c1ccccc1)N/N=C\c1ccc(Br)o1. The molecule has 0 bridgehead atoms. The number of hydrogen-bond donors (Lipinski definition) is 2. The average Bonchev–Trinajstić information content (AvgIpc) is 2.97. The molecule has 0 spiro atoms. The first kappa shape index (κ1) is 17.0. The molecule has 7 heteroatoms. The number of nitrogens with one attached hydrogen (secondary N) is 2. The number of amides is 2. The Hall–Kier alpha value is -2.41. The third-order valence-electron chi connectivity index (χ3n) is 2.88. The summed E-state index contributed by atoms with van der Waals surface area (Å²) in [6.45, 7) is 0.427. The van der Waals surface area contributed by atoms with E-state index in [2.05, 4.69) is 31.8 Å². The number of rotatable bonds is 7. The molecule has 0 unspecified atom stereocenters. The number of hydrazone groups is 1. The molecule has 0 aliphatic carbocycles. The number of halogens is 1. The summed E-state index contributed by atoms with van der Waals surface area (Å²) in [6.07, 6.45) is 2.22. The zero-order valence-electron chi connectivity index (χ0n) is 12.3. The number of carbonyl (C=O) groups excluding carboxylic acids is 2. The van der Waals surface area contributed by atoms with Crippen molar-refractivity contribution < 1.29 is 14.0 Å². The van der Waals surface area contributed by atoms with Gasteiger partial charge in [0.2, 0.25) is 5.91 Å². The molecule has 0 fully saturated rings. The van der Waals surface area contributed by atoms with E-state index in [-0.39, 0.29) is 18.2 Å². The molecule has 2 aromatic rings. The van der Waals surface area contributed by atoms with Crippen LogP contribution in [0.25, 0.3) is 0 Å². The normalized spacial score (nSPS) is 10.7. The van der Waals surface area contributed by atoms with E-state index in [1.165, 1.54) is 6.21 Å². The second-order valence-electron chi connectivity index (χ2n) is 4.66. The van der Waals surface area contributed by atoms with Crippen molar-refractivity contribution in [2.45, 2.75) is 12.8 Å². The summed E-state index contributed by atoms with van der Waals surface area (Å²) in [7, 11) is 0. The molecule has 120 valence electrons. The van der Waals surface area contributed by atoms with Gasteiger partial charge in [0.05, 0.1) is 6.21 Å². The summed E-state index contributed by atoms with van der Waals surface area (Å²) in [4.78, 5) is 23.3. The molecule has 0 aliphatic rings. The van der Waals surface area contributed by atoms with Crippen LogP contribution in [0.15, 0.2) is 56.7 Å². The van der Waals surface area contributed by atoms with Crippen LogP contribution in [0.4, 0.5) is 0 Å². The fourth-order valence-electron chi connectivity index (χ4n) is 1.76. The Morgan fingerprint density at radius 2 is 1.96 bits per heavy atom. The molecule has 1 aromatic carbocycles. The van der Waals surface area contributed by atoms with Gasteiger partial charge in [-0.1, -0.05) is 18.2 Å². The lowest BCUT2D eigenvalue weighted by Crippen LogP contribution is -2.26. The van der Waals surface area contributed by atoms with Gasteiger partial charge >= 0.3 is 0 Å². The van der Waals surface area contributed by atoms with Crippen molar-refractivity contribution in [3.8, 4) is 0 Å². The van der Waals surface area contributed by atoms with E-state index in [9.17, 15) is 9.59 Å². The van der Waals surface area contributed by atoms with Gasteiger partial charge in [-0.05, 0) is 46.6 Å². The van der Waals surface area contributed by atoms with E-state index in [1.807, 2.05) is 6.07 Å². The van der Waals surface area contributed by atoms with Crippen molar-refractivity contribution in [3.05, 3.63) is 58.5 Å². The minimum Gasteiger partial charge on any atom is -0.448 e. The van der Waals surface area contributed by atoms with E-state index < -0.39 is 0 Å². The highest BCUT2D eigenvalue weighted by molar-refractivity contribution is 9.10. The molecular weight excluding hydrogens is 362 g/mol. The molecule has 0 saturated carbocycles. The van der Waals surface area contributed by atoms with Gasteiger partial charge in [0.1, 0.15) is 5.76 Å². The molecular formula is C16H16BrN3O3. The van der Waals surface area contributed by atoms with E-state index >= 15 is 0 Å². The van der Waals surface area contributed by atoms with Crippen molar-refractivity contribution in [2.24, 2.45) is 5.10 Å². The van der Waals surface area contributed by atoms with Crippen LogP contribution in [-0.2, 0) is 4.79 Å². The first-order chi connectivity index (χ1) is 11.1. The molecule has 2 N–H and O–H groups in total. The molecule has 2 amide bonds. The fourth-order valence-corrected chi connectivity index (χ4v) is 2.08. The zero-order chi connectivity index (χ0) is 16.5. The van der Waals surface area contributed by atoms with Crippen LogP contribution >= 0.6 is 15.9 Å². The van der Waals surface area contributed by atoms with Gasteiger partial charge in [0, 0.05) is 18.5 Å². The van der Waals surface area contributed by atoms with Crippen molar-refractivity contribution in [1.82, 2.24) is 10.7 Å². The molecule has 6 nitrogen and oxygen atoms in total. The first-order valence-electron chi connectivity index (χ1n) is 7.05. The van der Waals surface area contributed by atoms with Crippen molar-refractivity contribution >= 4 is 34.0 Å². The van der Waals surface area contributed by atoms with Gasteiger partial charge in [-0.3, -0.25) is 9.59 Å². The predicted octanol–water partition coefficient (Wildman–Crippen LogP) is 2.70. The smallest absolute Gasteiger partial charge is 0.251 e. The Labute approximate surface area is 142 Å². The summed E-state index contributed by atoms with van der Waals surface area (Å²) in [6, 6.07) is 12.4. The third kappa shape index (κ3) is 6.07. The van der Waals surface area contributed by atoms with Crippen molar-refractivity contribution in [2.75, 3.05) is 6.54 Å². The van der Waals surface area contributed by atoms with Gasteiger partial charge in [-0.2, -0.15) is 5.10 Å². The van der Waals surface area contributed by atoms with Crippen molar-refractivity contribution in [1.29, 1.82) is 0 Å². The molecule has 23 heavy (non-hydrogen) atoms. The Morgan fingerprint density at radius 1 is 1.17 bits per heavy atom. The highest BCUT2D eigenvalue weighted by Crippen LogP contribution is 2.11. The summed E-state index contributed by atoms with van der Waals surface area (Å²) >= 11 is 3.17. The standard InChI is InChI=1S/C16H16BrN3O3/c17-14-9-8-13(23-14)11-19-20-15(21)7-4-10-18-16(22)12-5-2-1-3-6-12/h1-3,5-6,8-9,11H,4,7,10H2,(H,18,22)(H,20,21)/b19-11-. The second-order valence-corrected chi connectivity index (χ2v) is 5.44. The monoisotopic (exact) mass is 377 g/mol. The molecule has 0 saturated heterocycles. The quantitative estimate of drug-likeness (QED) is 0.442. The minimum atomic E-state index is -0.221. The maximum atomic E-state index is 11.8. The molecule has 0 atom stereocenters. The number of hydrogen-bond acceptors (Lipinski definition) is 4. The minimum absolute atomic E-state index is 0.146. The van der Waals surface area contributed by atoms with Crippen LogP contribution in [0.2, 0.25) is 0 Å². The number of nitrogens with zero attached hydrogens (tertiary/aromatic N) is 1. The first-order valence-corrected chi connectivity index (χ1v) is 7.85. The van der Waals surface area contributed by atoms with Gasteiger partial charge in [-0.25, -0.2) is 5.43 Å². The summed E-state index contributed by atoms with van der Waals surface area (Å²) in [5.74, 6) is 0.167. The highest BCUT2D eigenvalue weighted by Gasteiger charge is 2.04. The number of carbonyl (C=O) groups is 2. The zero-order valence-corrected chi connectivity index (χ0v) is 13.9. The van der Waals surface area contributed by atoms with Gasteiger partial charge in [-0.15, -0.1) is 0 Å². The Morgan fingerprint density at radius 3 is 2.65 bits per heavy atom. The van der Waals surface area contributed by atoms with Gasteiger partial charge in [0.25, 0.3) is 5.91 Å². The van der Waals surface area contributed by atoms with Crippen LogP contribution in [0.3, 0.4) is 0 Å². The second kappa shape index (κ2) is 8.89. The molecule has 0 aliphatic heterocycles. The summed E-state index contributed by atoms with van der Waals surface area (Å²) in [5, 5.41) is 6.55. The number of furan rings is 1. The topological polar surface area (TPSA) is 83.7 Å². The lowest BCUT2D eigenvalue weighted by molar-refractivity contribution is -0.121. The van der Waals surface area contributed by atoms with Crippen LogP contribution in [0, 0.1) is 0 Å². The Kier molecular flexibility index (Phi) is 6.56. The lowest BCUT2D eigenvalue weighted by Gasteiger charge is -2.04. The van der Waals surface area contributed by atoms with E-state index in [1.54, 1.807) is 36.4 Å². The maximum Gasteiger partial charge on any atom is 0.251 e. The Balaban J connectivity index is 1.61. The van der Waals surface area contributed by atoms with Crippen LogP contribution in [-0.4, -0.2) is 24.6 Å². The van der Waals surface area contributed by atoms with E-state index in [0.29, 0.717) is 29.0 Å². The average molecular weight is 378 g/mol. The fraction of sp³-hybridized carbons (Fsp3) is 0.188. The van der Waals surface area contributed by atoms with Crippen LogP contribution < -0.4 is 10.7 Å². The molecule has 1 heterocycles. The third-order valence-corrected chi connectivity index (χ3v) is 3.30. The largest absolute Gasteiger partial charge is 0.448 e. The molecule has 2 rings (SSSR count). The number of benzene rings is 1. The lowest BCUT2D eigenvalue weighted by atomic mass is 10.2. The van der Waals surface area contributed by atoms with Gasteiger partial charge in [0.15, 0.2) is 4.67 Å². The van der Waals surface area contributed by atoms with Crippen molar-refractivity contribution in [3.63, 3.8) is 0 Å².